The quantitative estimate of drug-likeness (QED) is 0.805. The number of hydrogen-bond acceptors (Lipinski definition) is 4. The molecule has 3 heterocycles. The molecule has 7 nitrogen and oxygen atoms in total. The molecule has 7 heteroatoms. The molecule has 1 saturated heterocycles. The van der Waals surface area contributed by atoms with E-state index >= 15 is 0 Å². The number of carbonyl (C=O) groups excluding carboxylic acids is 2. The third kappa shape index (κ3) is 5.13. The molecule has 0 saturated carbocycles. The second kappa shape index (κ2) is 9.07. The standard InChI is InChI=1S/C21H35N5O2/c1-15(2)11-22-20(27)14-24(4)17-6-5-8-26(12-17)21(28)18-13-25-9-7-16(3)10-19(25)23-18/h13,15-17H,5-12,14H2,1-4H3,(H,22,27). The smallest absolute Gasteiger partial charge is 0.274 e. The van der Waals surface area contributed by atoms with E-state index in [2.05, 4.69) is 40.5 Å². The summed E-state index contributed by atoms with van der Waals surface area (Å²) in [4.78, 5) is 33.8. The Morgan fingerprint density at radius 3 is 2.86 bits per heavy atom. The first kappa shape index (κ1) is 20.8. The van der Waals surface area contributed by atoms with E-state index in [1.54, 1.807) is 0 Å². The van der Waals surface area contributed by atoms with Gasteiger partial charge >= 0.3 is 0 Å². The highest BCUT2D eigenvalue weighted by Crippen LogP contribution is 2.22. The Balaban J connectivity index is 1.57. The van der Waals surface area contributed by atoms with Crippen LogP contribution in [0.2, 0.25) is 0 Å². The zero-order valence-electron chi connectivity index (χ0n) is 17.8. The molecule has 2 atom stereocenters. The Hall–Kier alpha value is -1.89. The summed E-state index contributed by atoms with van der Waals surface area (Å²) < 4.78 is 2.14. The van der Waals surface area contributed by atoms with Gasteiger partial charge in [0.25, 0.3) is 5.91 Å². The molecule has 2 aliphatic heterocycles. The molecular formula is C21H35N5O2. The third-order valence-electron chi connectivity index (χ3n) is 5.88. The van der Waals surface area contributed by atoms with Gasteiger partial charge in [-0.25, -0.2) is 4.98 Å². The van der Waals surface area contributed by atoms with Crippen molar-refractivity contribution in [2.75, 3.05) is 33.2 Å². The van der Waals surface area contributed by atoms with Gasteiger partial charge in [-0.05, 0) is 38.1 Å². The number of rotatable bonds is 6. The Morgan fingerprint density at radius 2 is 2.11 bits per heavy atom. The number of imidazole rings is 1. The molecule has 1 aromatic rings. The molecule has 0 spiro atoms. The van der Waals surface area contributed by atoms with Gasteiger partial charge < -0.3 is 14.8 Å². The van der Waals surface area contributed by atoms with Crippen LogP contribution < -0.4 is 5.32 Å². The highest BCUT2D eigenvalue weighted by molar-refractivity contribution is 5.92. The van der Waals surface area contributed by atoms with E-state index in [1.165, 1.54) is 0 Å². The predicted molar refractivity (Wildman–Crippen MR) is 109 cm³/mol. The average molecular weight is 390 g/mol. The minimum atomic E-state index is 0.0249. The van der Waals surface area contributed by atoms with Crippen LogP contribution in [-0.2, 0) is 17.8 Å². The molecule has 156 valence electrons. The van der Waals surface area contributed by atoms with Gasteiger partial charge in [-0.1, -0.05) is 20.8 Å². The van der Waals surface area contributed by atoms with E-state index in [4.69, 9.17) is 0 Å². The van der Waals surface area contributed by atoms with Gasteiger partial charge in [0.2, 0.25) is 5.91 Å². The predicted octanol–water partition coefficient (Wildman–Crippen LogP) is 1.77. The molecule has 3 rings (SSSR count). The normalized spacial score (nSPS) is 22.4. The number of aromatic nitrogens is 2. The summed E-state index contributed by atoms with van der Waals surface area (Å²) in [6.07, 6.45) is 5.99. The second-order valence-corrected chi connectivity index (χ2v) is 8.99. The fraction of sp³-hybridized carbons (Fsp3) is 0.762. The fourth-order valence-electron chi connectivity index (χ4n) is 4.08. The van der Waals surface area contributed by atoms with Crippen LogP contribution in [0.4, 0.5) is 0 Å². The molecule has 0 aromatic carbocycles. The highest BCUT2D eigenvalue weighted by Gasteiger charge is 2.29. The Bertz CT molecular complexity index is 699. The number of hydrogen-bond donors (Lipinski definition) is 1. The number of likely N-dealkylation sites (tertiary alicyclic amines) is 1. The molecule has 2 amide bonds. The first-order valence-electron chi connectivity index (χ1n) is 10.7. The van der Waals surface area contributed by atoms with Crippen LogP contribution >= 0.6 is 0 Å². The molecule has 2 aliphatic rings. The number of nitrogens with zero attached hydrogens (tertiary/aromatic N) is 4. The van der Waals surface area contributed by atoms with Crippen molar-refractivity contribution in [2.24, 2.45) is 11.8 Å². The van der Waals surface area contributed by atoms with Crippen LogP contribution in [0.3, 0.4) is 0 Å². The van der Waals surface area contributed by atoms with E-state index in [0.717, 1.165) is 44.6 Å². The number of nitrogens with one attached hydrogen (secondary N) is 1. The second-order valence-electron chi connectivity index (χ2n) is 8.99. The zero-order valence-corrected chi connectivity index (χ0v) is 17.8. The number of carbonyl (C=O) groups is 2. The minimum Gasteiger partial charge on any atom is -0.355 e. The number of piperidine rings is 1. The third-order valence-corrected chi connectivity index (χ3v) is 5.88. The van der Waals surface area contributed by atoms with Gasteiger partial charge in [0.05, 0.1) is 6.54 Å². The lowest BCUT2D eigenvalue weighted by Crippen LogP contribution is -2.51. The van der Waals surface area contributed by atoms with Gasteiger partial charge in [-0.15, -0.1) is 0 Å². The Morgan fingerprint density at radius 1 is 1.32 bits per heavy atom. The van der Waals surface area contributed by atoms with Crippen LogP contribution in [0.15, 0.2) is 6.20 Å². The highest BCUT2D eigenvalue weighted by atomic mass is 16.2. The molecule has 1 fully saturated rings. The first-order valence-corrected chi connectivity index (χ1v) is 10.7. The zero-order chi connectivity index (χ0) is 20.3. The van der Waals surface area contributed by atoms with Gasteiger partial charge in [-0.2, -0.15) is 0 Å². The van der Waals surface area contributed by atoms with E-state index in [1.807, 2.05) is 18.1 Å². The van der Waals surface area contributed by atoms with Gasteiger partial charge in [0.1, 0.15) is 11.5 Å². The van der Waals surface area contributed by atoms with E-state index in [9.17, 15) is 9.59 Å². The van der Waals surface area contributed by atoms with Gasteiger partial charge in [0.15, 0.2) is 0 Å². The van der Waals surface area contributed by atoms with Crippen molar-refractivity contribution in [1.29, 1.82) is 0 Å². The molecule has 0 aliphatic carbocycles. The van der Waals surface area contributed by atoms with Crippen molar-refractivity contribution in [2.45, 2.75) is 59.0 Å². The van der Waals surface area contributed by atoms with E-state index in [-0.39, 0.29) is 17.9 Å². The van der Waals surface area contributed by atoms with Crippen molar-refractivity contribution in [1.82, 2.24) is 24.7 Å². The van der Waals surface area contributed by atoms with Crippen molar-refractivity contribution < 1.29 is 9.59 Å². The molecule has 1 N–H and O–H groups in total. The maximum Gasteiger partial charge on any atom is 0.274 e. The van der Waals surface area contributed by atoms with Crippen molar-refractivity contribution in [3.05, 3.63) is 17.7 Å². The molecule has 0 radical (unpaired) electrons. The van der Waals surface area contributed by atoms with Gasteiger partial charge in [0, 0.05) is 44.8 Å². The summed E-state index contributed by atoms with van der Waals surface area (Å²) in [5.41, 5.74) is 0.571. The van der Waals surface area contributed by atoms with Crippen LogP contribution in [0.1, 0.15) is 56.3 Å². The topological polar surface area (TPSA) is 70.5 Å². The first-order chi connectivity index (χ1) is 13.3. The lowest BCUT2D eigenvalue weighted by Gasteiger charge is -2.37. The summed E-state index contributed by atoms with van der Waals surface area (Å²) in [6.45, 7) is 9.86. The summed E-state index contributed by atoms with van der Waals surface area (Å²) in [7, 11) is 1.98. The number of amides is 2. The lowest BCUT2D eigenvalue weighted by atomic mass is 10.0. The number of fused-ring (bicyclic) bond motifs is 1. The average Bonchev–Trinajstić information content (AvgIpc) is 3.09. The molecule has 1 aromatic heterocycles. The lowest BCUT2D eigenvalue weighted by molar-refractivity contribution is -0.122. The number of likely N-dealkylation sites (N-methyl/N-ethyl adjacent to an activating group) is 1. The summed E-state index contributed by atoms with van der Waals surface area (Å²) in [5, 5.41) is 2.97. The Labute approximate surface area is 168 Å². The number of aryl methyl sites for hydroxylation is 1. The molecular weight excluding hydrogens is 354 g/mol. The molecule has 2 unspecified atom stereocenters. The largest absolute Gasteiger partial charge is 0.355 e. The monoisotopic (exact) mass is 389 g/mol. The summed E-state index contributed by atoms with van der Waals surface area (Å²) in [6, 6.07) is 0.208. The van der Waals surface area contributed by atoms with E-state index < -0.39 is 0 Å². The van der Waals surface area contributed by atoms with Crippen molar-refractivity contribution in [3.8, 4) is 0 Å². The minimum absolute atomic E-state index is 0.0249. The Kier molecular flexibility index (Phi) is 6.75. The summed E-state index contributed by atoms with van der Waals surface area (Å²) >= 11 is 0. The van der Waals surface area contributed by atoms with Crippen molar-refractivity contribution in [3.63, 3.8) is 0 Å². The summed E-state index contributed by atoms with van der Waals surface area (Å²) in [5.74, 6) is 2.19. The maximum absolute atomic E-state index is 13.0. The SMILES string of the molecule is CC(C)CNC(=O)CN(C)C1CCCN(C(=O)c2cn3c(n2)CC(C)CC3)C1. The van der Waals surface area contributed by atoms with Gasteiger partial charge in [-0.3, -0.25) is 14.5 Å². The van der Waals surface area contributed by atoms with Crippen LogP contribution in [0.5, 0.6) is 0 Å². The maximum atomic E-state index is 13.0. The van der Waals surface area contributed by atoms with Crippen LogP contribution in [-0.4, -0.2) is 70.4 Å². The molecule has 0 bridgehead atoms. The van der Waals surface area contributed by atoms with Crippen LogP contribution in [0, 0.1) is 11.8 Å². The molecule has 28 heavy (non-hydrogen) atoms. The van der Waals surface area contributed by atoms with Crippen molar-refractivity contribution >= 4 is 11.8 Å². The van der Waals surface area contributed by atoms with E-state index in [0.29, 0.717) is 37.2 Å². The fourth-order valence-corrected chi connectivity index (χ4v) is 4.08. The van der Waals surface area contributed by atoms with Crippen LogP contribution in [0.25, 0.3) is 0 Å².